The number of amides is 1. The zero-order chi connectivity index (χ0) is 13.2. The molecule has 2 aliphatic rings. The van der Waals surface area contributed by atoms with Gasteiger partial charge in [-0.3, -0.25) is 4.90 Å². The van der Waals surface area contributed by atoms with E-state index in [-0.39, 0.29) is 6.04 Å². The van der Waals surface area contributed by atoms with E-state index in [0.717, 1.165) is 12.8 Å². The van der Waals surface area contributed by atoms with E-state index in [1.807, 2.05) is 6.08 Å². The minimum Gasteiger partial charge on any atom is -0.465 e. The van der Waals surface area contributed by atoms with Crippen LogP contribution in [0.4, 0.5) is 4.79 Å². The van der Waals surface area contributed by atoms with Crippen molar-refractivity contribution in [3.05, 3.63) is 12.2 Å². The van der Waals surface area contributed by atoms with Crippen molar-refractivity contribution in [2.24, 2.45) is 5.92 Å². The minimum atomic E-state index is -0.910. The fourth-order valence-corrected chi connectivity index (χ4v) is 2.72. The van der Waals surface area contributed by atoms with E-state index in [1.165, 1.54) is 4.90 Å². The van der Waals surface area contributed by atoms with Crippen molar-refractivity contribution in [1.29, 1.82) is 0 Å². The Kier molecular flexibility index (Phi) is 3.92. The van der Waals surface area contributed by atoms with Crippen molar-refractivity contribution in [2.45, 2.75) is 38.5 Å². The summed E-state index contributed by atoms with van der Waals surface area (Å²) in [5.41, 5.74) is -0.724. The van der Waals surface area contributed by atoms with Crippen LogP contribution in [0.1, 0.15) is 26.7 Å². The third-order valence-electron chi connectivity index (χ3n) is 3.59. The molecule has 1 amide bonds. The molecule has 2 heterocycles. The maximum atomic E-state index is 11.3. The maximum absolute atomic E-state index is 11.3. The van der Waals surface area contributed by atoms with Crippen LogP contribution < -0.4 is 0 Å². The fraction of sp³-hybridized carbons (Fsp3) is 0.769. The summed E-state index contributed by atoms with van der Waals surface area (Å²) >= 11 is 0. The summed E-state index contributed by atoms with van der Waals surface area (Å²) in [4.78, 5) is 12.8. The Labute approximate surface area is 107 Å². The number of ether oxygens (including phenoxy) is 2. The van der Waals surface area contributed by atoms with Gasteiger partial charge in [-0.15, -0.1) is 0 Å². The van der Waals surface area contributed by atoms with Crippen molar-refractivity contribution in [2.75, 3.05) is 19.8 Å². The summed E-state index contributed by atoms with van der Waals surface area (Å²) in [5.74, 6) is 0.369. The lowest BCUT2D eigenvalue weighted by molar-refractivity contribution is -0.0427. The van der Waals surface area contributed by atoms with Crippen LogP contribution in [-0.4, -0.2) is 47.7 Å². The van der Waals surface area contributed by atoms with E-state index in [9.17, 15) is 9.90 Å². The van der Waals surface area contributed by atoms with E-state index >= 15 is 0 Å². The van der Waals surface area contributed by atoms with Gasteiger partial charge in [-0.05, 0) is 32.6 Å². The Morgan fingerprint density at radius 3 is 2.94 bits per heavy atom. The molecule has 2 rings (SSSR count). The average molecular weight is 255 g/mol. The molecular weight excluding hydrogens is 234 g/mol. The molecule has 1 saturated heterocycles. The summed E-state index contributed by atoms with van der Waals surface area (Å²) in [6.07, 6.45) is 4.96. The van der Waals surface area contributed by atoms with Crippen molar-refractivity contribution >= 4 is 6.09 Å². The van der Waals surface area contributed by atoms with Gasteiger partial charge in [0.05, 0.1) is 25.9 Å². The molecular formula is C13H21NO4. The maximum Gasteiger partial charge on any atom is 0.409 e. The lowest BCUT2D eigenvalue weighted by atomic mass is 9.97. The highest BCUT2D eigenvalue weighted by Gasteiger charge is 2.44. The first kappa shape index (κ1) is 13.4. The highest BCUT2D eigenvalue weighted by molar-refractivity contribution is 5.66. The predicted molar refractivity (Wildman–Crippen MR) is 66.4 cm³/mol. The lowest BCUT2D eigenvalue weighted by Crippen LogP contribution is -2.47. The molecule has 0 saturated carbocycles. The Bertz CT molecular complexity index is 340. The first-order chi connectivity index (χ1) is 8.50. The third-order valence-corrected chi connectivity index (χ3v) is 3.59. The molecule has 5 nitrogen and oxygen atoms in total. The number of carbonyl (C=O) groups is 1. The van der Waals surface area contributed by atoms with E-state index < -0.39 is 11.8 Å². The van der Waals surface area contributed by atoms with Crippen LogP contribution in [0.15, 0.2) is 12.2 Å². The normalized spacial score (nSPS) is 31.3. The van der Waals surface area contributed by atoms with Gasteiger partial charge in [0, 0.05) is 0 Å². The van der Waals surface area contributed by atoms with E-state index in [4.69, 9.17) is 9.47 Å². The van der Waals surface area contributed by atoms with Crippen LogP contribution in [-0.2, 0) is 9.47 Å². The molecule has 0 aromatic rings. The van der Waals surface area contributed by atoms with Crippen LogP contribution in [0.5, 0.6) is 0 Å². The first-order valence-corrected chi connectivity index (χ1v) is 6.39. The predicted octanol–water partition coefficient (Wildman–Crippen LogP) is 2.08. The fourth-order valence-electron chi connectivity index (χ4n) is 2.72. The van der Waals surface area contributed by atoms with Crippen LogP contribution in [0.3, 0.4) is 0 Å². The number of rotatable bonds is 2. The van der Waals surface area contributed by atoms with Crippen LogP contribution in [0.2, 0.25) is 0 Å². The molecule has 0 spiro atoms. The Balaban J connectivity index is 2.00. The molecule has 2 atom stereocenters. The standard InChI is InChI=1S/C13H21NO4/c1-13(2)14(12(15)16)11(9-18-13)7-10-5-3-4-6-17-8-10/h3-4,10-11H,5-9H2,1-2H3,(H,15,16). The quantitative estimate of drug-likeness (QED) is 0.767. The van der Waals surface area contributed by atoms with Crippen molar-refractivity contribution < 1.29 is 19.4 Å². The summed E-state index contributed by atoms with van der Waals surface area (Å²) in [6, 6.07) is -0.0717. The monoisotopic (exact) mass is 255 g/mol. The average Bonchev–Trinajstić information content (AvgIpc) is 2.49. The van der Waals surface area contributed by atoms with Crippen molar-refractivity contribution in [1.82, 2.24) is 4.90 Å². The summed E-state index contributed by atoms with van der Waals surface area (Å²) < 4.78 is 11.1. The van der Waals surface area contributed by atoms with E-state index in [2.05, 4.69) is 6.08 Å². The van der Waals surface area contributed by atoms with Gasteiger partial charge in [-0.1, -0.05) is 12.2 Å². The molecule has 0 aromatic carbocycles. The van der Waals surface area contributed by atoms with Crippen LogP contribution >= 0.6 is 0 Å². The number of nitrogens with zero attached hydrogens (tertiary/aromatic N) is 1. The second-order valence-corrected chi connectivity index (χ2v) is 5.41. The molecule has 0 radical (unpaired) electrons. The zero-order valence-electron chi connectivity index (χ0n) is 11.0. The van der Waals surface area contributed by atoms with E-state index in [1.54, 1.807) is 13.8 Å². The Morgan fingerprint density at radius 2 is 2.22 bits per heavy atom. The van der Waals surface area contributed by atoms with Gasteiger partial charge in [0.25, 0.3) is 0 Å². The molecule has 0 aromatic heterocycles. The van der Waals surface area contributed by atoms with Gasteiger partial charge in [0.1, 0.15) is 5.72 Å². The Hall–Kier alpha value is -1.07. The number of hydrogen-bond acceptors (Lipinski definition) is 3. The smallest absolute Gasteiger partial charge is 0.409 e. The summed E-state index contributed by atoms with van der Waals surface area (Å²) in [6.45, 7) is 5.41. The van der Waals surface area contributed by atoms with Gasteiger partial charge in [0.2, 0.25) is 0 Å². The molecule has 2 aliphatic heterocycles. The first-order valence-electron chi connectivity index (χ1n) is 6.39. The summed E-state index contributed by atoms with van der Waals surface area (Å²) in [7, 11) is 0. The lowest BCUT2D eigenvalue weighted by Gasteiger charge is -2.32. The molecule has 1 fully saturated rings. The SMILES string of the molecule is CC1(C)OCC(CC2CC=CCOC2)N1C(=O)O. The van der Waals surface area contributed by atoms with E-state index in [0.29, 0.717) is 25.7 Å². The molecule has 2 unspecified atom stereocenters. The molecule has 1 N–H and O–H groups in total. The highest BCUT2D eigenvalue weighted by atomic mass is 16.5. The third kappa shape index (κ3) is 2.84. The van der Waals surface area contributed by atoms with Crippen LogP contribution in [0, 0.1) is 5.92 Å². The van der Waals surface area contributed by atoms with Gasteiger partial charge >= 0.3 is 6.09 Å². The summed E-state index contributed by atoms with van der Waals surface area (Å²) in [5, 5.41) is 9.31. The van der Waals surface area contributed by atoms with Crippen molar-refractivity contribution in [3.8, 4) is 0 Å². The Morgan fingerprint density at radius 1 is 1.44 bits per heavy atom. The molecule has 0 bridgehead atoms. The molecule has 102 valence electrons. The topological polar surface area (TPSA) is 59.0 Å². The molecule has 18 heavy (non-hydrogen) atoms. The second-order valence-electron chi connectivity index (χ2n) is 5.41. The van der Waals surface area contributed by atoms with Crippen molar-refractivity contribution in [3.63, 3.8) is 0 Å². The highest BCUT2D eigenvalue weighted by Crippen LogP contribution is 2.31. The number of hydrogen-bond donors (Lipinski definition) is 1. The molecule has 5 heteroatoms. The molecule has 0 aliphatic carbocycles. The van der Waals surface area contributed by atoms with Gasteiger partial charge in [-0.2, -0.15) is 0 Å². The van der Waals surface area contributed by atoms with Crippen LogP contribution in [0.25, 0.3) is 0 Å². The largest absolute Gasteiger partial charge is 0.465 e. The zero-order valence-corrected chi connectivity index (χ0v) is 11.0. The van der Waals surface area contributed by atoms with Gasteiger partial charge in [-0.25, -0.2) is 4.79 Å². The number of allylic oxidation sites excluding steroid dienone is 1. The van der Waals surface area contributed by atoms with Gasteiger partial charge in [0.15, 0.2) is 0 Å². The number of carboxylic acid groups (broad SMARTS) is 1. The minimum absolute atomic E-state index is 0.0717. The second kappa shape index (κ2) is 5.28. The van der Waals surface area contributed by atoms with Gasteiger partial charge < -0.3 is 14.6 Å².